The molecule has 2 aromatic rings. The average Bonchev–Trinajstić information content (AvgIpc) is 2.77. The Morgan fingerprint density at radius 2 is 2.37 bits per heavy atom. The first-order valence-electron chi connectivity index (χ1n) is 6.16. The molecule has 0 aliphatic heterocycles. The Bertz CT molecular complexity index is 582. The molecule has 0 bridgehead atoms. The van der Waals surface area contributed by atoms with Gasteiger partial charge in [0.1, 0.15) is 0 Å². The summed E-state index contributed by atoms with van der Waals surface area (Å²) in [6, 6.07) is 5.55. The van der Waals surface area contributed by atoms with Crippen molar-refractivity contribution in [1.29, 1.82) is 0 Å². The highest BCUT2D eigenvalue weighted by atomic mass is 32.2. The summed E-state index contributed by atoms with van der Waals surface area (Å²) in [5.74, 6) is 0.463. The molecular weight excluding hydrogens is 278 g/mol. The molecule has 19 heavy (non-hydrogen) atoms. The van der Waals surface area contributed by atoms with E-state index in [-0.39, 0.29) is 5.91 Å². The number of fused-ring (bicyclic) bond motifs is 1. The molecule has 1 unspecified atom stereocenters. The monoisotopic (exact) mass is 295 g/mol. The summed E-state index contributed by atoms with van der Waals surface area (Å²) in [5, 5.41) is 3.97. The number of carbonyl (C=O) groups excluding carboxylic acids is 1. The van der Waals surface area contributed by atoms with Crippen LogP contribution >= 0.6 is 23.1 Å². The van der Waals surface area contributed by atoms with Crippen molar-refractivity contribution in [3.05, 3.63) is 18.2 Å². The lowest BCUT2D eigenvalue weighted by atomic mass is 10.3. The van der Waals surface area contributed by atoms with Crippen molar-refractivity contribution in [2.45, 2.75) is 25.5 Å². The van der Waals surface area contributed by atoms with Crippen LogP contribution in [0.25, 0.3) is 10.2 Å². The normalized spacial score (nSPS) is 12.5. The molecule has 1 amide bonds. The van der Waals surface area contributed by atoms with Gasteiger partial charge in [-0.1, -0.05) is 25.2 Å². The highest BCUT2D eigenvalue weighted by Gasteiger charge is 2.09. The third-order valence-corrected chi connectivity index (χ3v) is 5.00. The quantitative estimate of drug-likeness (QED) is 0.830. The molecule has 0 spiro atoms. The maximum atomic E-state index is 11.8. The van der Waals surface area contributed by atoms with E-state index in [4.69, 9.17) is 5.73 Å². The van der Waals surface area contributed by atoms with Gasteiger partial charge < -0.3 is 11.1 Å². The summed E-state index contributed by atoms with van der Waals surface area (Å²) < 4.78 is 0.991. The first kappa shape index (κ1) is 14.1. The maximum Gasteiger partial charge on any atom is 0.236 e. The highest BCUT2D eigenvalue weighted by molar-refractivity contribution is 8.00. The number of hydrogen-bond acceptors (Lipinski definition) is 5. The Morgan fingerprint density at radius 3 is 3.11 bits per heavy atom. The van der Waals surface area contributed by atoms with Gasteiger partial charge in [0.25, 0.3) is 0 Å². The Labute approximate surface area is 120 Å². The number of nitrogen functional groups attached to an aromatic ring is 1. The molecule has 3 N–H and O–H groups in total. The van der Waals surface area contributed by atoms with Crippen molar-refractivity contribution in [2.24, 2.45) is 0 Å². The number of thioether (sulfide) groups is 1. The number of anilines is 2. The summed E-state index contributed by atoms with van der Waals surface area (Å²) >= 11 is 3.11. The maximum absolute atomic E-state index is 11.8. The van der Waals surface area contributed by atoms with Crippen LogP contribution in [0.5, 0.6) is 0 Å². The summed E-state index contributed by atoms with van der Waals surface area (Å²) in [4.78, 5) is 16.1. The number of amides is 1. The minimum absolute atomic E-state index is 0.00247. The lowest BCUT2D eigenvalue weighted by Gasteiger charge is -2.06. The lowest BCUT2D eigenvalue weighted by Crippen LogP contribution is -2.15. The van der Waals surface area contributed by atoms with Crippen molar-refractivity contribution in [3.63, 3.8) is 0 Å². The van der Waals surface area contributed by atoms with E-state index in [9.17, 15) is 4.79 Å². The van der Waals surface area contributed by atoms with Gasteiger partial charge in [-0.05, 0) is 24.6 Å². The molecule has 4 nitrogen and oxygen atoms in total. The highest BCUT2D eigenvalue weighted by Crippen LogP contribution is 2.27. The summed E-state index contributed by atoms with van der Waals surface area (Å²) in [5.41, 5.74) is 7.29. The van der Waals surface area contributed by atoms with Gasteiger partial charge in [-0.3, -0.25) is 4.79 Å². The van der Waals surface area contributed by atoms with Crippen LogP contribution in [0.15, 0.2) is 18.2 Å². The molecule has 2 rings (SSSR count). The second kappa shape index (κ2) is 6.25. The van der Waals surface area contributed by atoms with Crippen molar-refractivity contribution < 1.29 is 4.79 Å². The van der Waals surface area contributed by atoms with Gasteiger partial charge in [0, 0.05) is 10.9 Å². The summed E-state index contributed by atoms with van der Waals surface area (Å²) in [6.07, 6.45) is 1.07. The van der Waals surface area contributed by atoms with Crippen LogP contribution in [0.3, 0.4) is 0 Å². The predicted octanol–water partition coefficient (Wildman–Crippen LogP) is 3.35. The molecule has 0 saturated carbocycles. The third kappa shape index (κ3) is 3.84. The first-order chi connectivity index (χ1) is 9.08. The minimum atomic E-state index is -0.00247. The van der Waals surface area contributed by atoms with Gasteiger partial charge in [0.2, 0.25) is 5.91 Å². The Balaban J connectivity index is 1.99. The van der Waals surface area contributed by atoms with Crippen molar-refractivity contribution in [2.75, 3.05) is 16.8 Å². The molecule has 102 valence electrons. The number of aromatic nitrogens is 1. The lowest BCUT2D eigenvalue weighted by molar-refractivity contribution is -0.113. The standard InChI is InChI=1S/C13H17N3OS2/c1-3-8(2)18-7-12(17)16-13-15-10-5-4-9(14)6-11(10)19-13/h4-6,8H,3,7,14H2,1-2H3,(H,15,16,17). The Morgan fingerprint density at radius 1 is 1.58 bits per heavy atom. The molecule has 0 fully saturated rings. The van der Waals surface area contributed by atoms with E-state index in [1.807, 2.05) is 18.2 Å². The molecule has 0 aliphatic carbocycles. The fourth-order valence-corrected chi connectivity index (χ4v) is 3.16. The van der Waals surface area contributed by atoms with Crippen LogP contribution in [0.2, 0.25) is 0 Å². The number of benzene rings is 1. The van der Waals surface area contributed by atoms with Gasteiger partial charge in [0.05, 0.1) is 16.0 Å². The molecule has 1 atom stereocenters. The SMILES string of the molecule is CCC(C)SCC(=O)Nc1nc2ccc(N)cc2s1. The van der Waals surface area contributed by atoms with Crippen LogP contribution < -0.4 is 11.1 Å². The van der Waals surface area contributed by atoms with Crippen LogP contribution in [0.4, 0.5) is 10.8 Å². The van der Waals surface area contributed by atoms with Crippen molar-refractivity contribution in [1.82, 2.24) is 4.98 Å². The van der Waals surface area contributed by atoms with Crippen molar-refractivity contribution in [3.8, 4) is 0 Å². The number of carbonyl (C=O) groups is 1. The van der Waals surface area contributed by atoms with Gasteiger partial charge in [0.15, 0.2) is 5.13 Å². The minimum Gasteiger partial charge on any atom is -0.399 e. The number of nitrogens with two attached hydrogens (primary N) is 1. The average molecular weight is 295 g/mol. The molecule has 1 heterocycles. The summed E-state index contributed by atoms with van der Waals surface area (Å²) in [6.45, 7) is 4.24. The molecule has 1 aromatic heterocycles. The topological polar surface area (TPSA) is 68.0 Å². The van der Waals surface area contributed by atoms with E-state index >= 15 is 0 Å². The molecule has 1 aromatic carbocycles. The molecular formula is C13H17N3OS2. The van der Waals surface area contributed by atoms with E-state index in [0.29, 0.717) is 21.8 Å². The summed E-state index contributed by atoms with van der Waals surface area (Å²) in [7, 11) is 0. The fourth-order valence-electron chi connectivity index (χ4n) is 1.49. The first-order valence-corrected chi connectivity index (χ1v) is 8.02. The number of nitrogens with zero attached hydrogens (tertiary/aromatic N) is 1. The molecule has 0 aliphatic rings. The smallest absolute Gasteiger partial charge is 0.236 e. The predicted molar refractivity (Wildman–Crippen MR) is 84.9 cm³/mol. The fraction of sp³-hybridized carbons (Fsp3) is 0.385. The zero-order chi connectivity index (χ0) is 13.8. The molecule has 0 saturated heterocycles. The van der Waals surface area contributed by atoms with Crippen LogP contribution in [0.1, 0.15) is 20.3 Å². The van der Waals surface area contributed by atoms with Crippen molar-refractivity contribution >= 4 is 50.0 Å². The number of rotatable bonds is 5. The Kier molecular flexibility index (Phi) is 4.66. The van der Waals surface area contributed by atoms with Crippen LogP contribution in [-0.2, 0) is 4.79 Å². The van der Waals surface area contributed by atoms with E-state index in [2.05, 4.69) is 24.1 Å². The van der Waals surface area contributed by atoms with E-state index < -0.39 is 0 Å². The third-order valence-electron chi connectivity index (χ3n) is 2.73. The second-order valence-electron chi connectivity index (χ2n) is 4.32. The van der Waals surface area contributed by atoms with Gasteiger partial charge >= 0.3 is 0 Å². The zero-order valence-electron chi connectivity index (χ0n) is 11.0. The molecule has 6 heteroatoms. The number of hydrogen-bond donors (Lipinski definition) is 2. The van der Waals surface area contributed by atoms with Crippen LogP contribution in [0, 0.1) is 0 Å². The van der Waals surface area contributed by atoms with E-state index in [1.54, 1.807) is 11.8 Å². The van der Waals surface area contributed by atoms with E-state index in [0.717, 1.165) is 16.6 Å². The van der Waals surface area contributed by atoms with E-state index in [1.165, 1.54) is 11.3 Å². The molecule has 0 radical (unpaired) electrons. The van der Waals surface area contributed by atoms with Crippen LogP contribution in [-0.4, -0.2) is 21.9 Å². The van der Waals surface area contributed by atoms with Gasteiger partial charge in [-0.15, -0.1) is 11.8 Å². The van der Waals surface area contributed by atoms with Gasteiger partial charge in [-0.25, -0.2) is 4.98 Å². The number of nitrogens with one attached hydrogen (secondary N) is 1. The largest absolute Gasteiger partial charge is 0.399 e. The zero-order valence-corrected chi connectivity index (χ0v) is 12.6. The number of thiazole rings is 1. The Hall–Kier alpha value is -1.27. The van der Waals surface area contributed by atoms with Gasteiger partial charge in [-0.2, -0.15) is 0 Å². The second-order valence-corrected chi connectivity index (χ2v) is 6.78.